The lowest BCUT2D eigenvalue weighted by Crippen LogP contribution is -2.24. The topological polar surface area (TPSA) is 85.6 Å². The second-order valence-corrected chi connectivity index (χ2v) is 6.25. The van der Waals surface area contributed by atoms with Crippen molar-refractivity contribution in [2.45, 2.75) is 20.3 Å². The minimum Gasteiger partial charge on any atom is -0.267 e. The number of aryl methyl sites for hydroxylation is 2. The van der Waals surface area contributed by atoms with Crippen LogP contribution < -0.4 is 5.43 Å². The van der Waals surface area contributed by atoms with Gasteiger partial charge in [-0.1, -0.05) is 13.0 Å². The third-order valence-corrected chi connectivity index (χ3v) is 4.41. The lowest BCUT2D eigenvalue weighted by Gasteiger charge is -2.09. The Kier molecular flexibility index (Phi) is 4.52. The molecule has 0 radical (unpaired) electrons. The molecule has 1 N–H and O–H groups in total. The number of amides is 1. The number of carbonyl (C=O) groups is 1. The van der Waals surface area contributed by atoms with Crippen molar-refractivity contribution in [3.05, 3.63) is 71.7 Å². The van der Waals surface area contributed by atoms with E-state index in [1.54, 1.807) is 25.4 Å². The molecule has 0 aromatic carbocycles. The number of nitrogens with one attached hydrogen (secondary N) is 1. The van der Waals surface area contributed by atoms with E-state index in [9.17, 15) is 9.18 Å². The van der Waals surface area contributed by atoms with Crippen LogP contribution in [0, 0.1) is 12.7 Å². The molecule has 7 nitrogen and oxygen atoms in total. The maximum atomic E-state index is 13.5. The molecule has 0 aliphatic rings. The average Bonchev–Trinajstić information content (AvgIpc) is 3.05. The van der Waals surface area contributed by atoms with Gasteiger partial charge in [-0.05, 0) is 37.1 Å². The Morgan fingerprint density at radius 3 is 2.79 bits per heavy atom. The fraction of sp³-hybridized carbons (Fsp3) is 0.150. The summed E-state index contributed by atoms with van der Waals surface area (Å²) >= 11 is 0. The Morgan fingerprint density at radius 2 is 2.07 bits per heavy atom. The van der Waals surface area contributed by atoms with Gasteiger partial charge < -0.3 is 0 Å². The number of rotatable bonds is 4. The van der Waals surface area contributed by atoms with E-state index < -0.39 is 5.82 Å². The first-order valence-electron chi connectivity index (χ1n) is 8.78. The van der Waals surface area contributed by atoms with E-state index in [0.29, 0.717) is 40.2 Å². The van der Waals surface area contributed by atoms with Gasteiger partial charge in [0.2, 0.25) is 0 Å². The van der Waals surface area contributed by atoms with Gasteiger partial charge in [-0.3, -0.25) is 15.2 Å². The number of hydrogen-bond acceptors (Lipinski definition) is 5. The van der Waals surface area contributed by atoms with Crippen LogP contribution in [0.3, 0.4) is 0 Å². The van der Waals surface area contributed by atoms with Gasteiger partial charge in [0.1, 0.15) is 11.5 Å². The number of aromatic nitrogens is 5. The standard InChI is InChI=1S/C20H17FN6O/c1-3-13-11-27(19-15(13)8-14(21)9-24-19)26-20(28)16-10-23-18(25-12(16)2)17-6-4-5-7-22-17/h4-11H,3H2,1-2H3,(H,26,28). The quantitative estimate of drug-likeness (QED) is 0.591. The Morgan fingerprint density at radius 1 is 1.21 bits per heavy atom. The SMILES string of the molecule is CCc1cn(NC(=O)c2cnc(-c3ccccn3)nc2C)c2ncc(F)cc12. The number of pyridine rings is 2. The van der Waals surface area contributed by atoms with Gasteiger partial charge in [-0.25, -0.2) is 24.0 Å². The highest BCUT2D eigenvalue weighted by Gasteiger charge is 2.16. The van der Waals surface area contributed by atoms with Crippen molar-refractivity contribution in [3.8, 4) is 11.5 Å². The third kappa shape index (κ3) is 3.20. The maximum absolute atomic E-state index is 13.5. The van der Waals surface area contributed by atoms with E-state index in [1.807, 2.05) is 19.1 Å². The van der Waals surface area contributed by atoms with Crippen molar-refractivity contribution in [2.24, 2.45) is 0 Å². The fourth-order valence-corrected chi connectivity index (χ4v) is 2.99. The Labute approximate surface area is 160 Å². The summed E-state index contributed by atoms with van der Waals surface area (Å²) in [6.07, 6.45) is 6.69. The van der Waals surface area contributed by atoms with Gasteiger partial charge in [-0.2, -0.15) is 0 Å². The highest BCUT2D eigenvalue weighted by molar-refractivity contribution is 6.01. The molecule has 4 aromatic rings. The number of halogens is 1. The van der Waals surface area contributed by atoms with Crippen molar-refractivity contribution in [1.82, 2.24) is 24.6 Å². The van der Waals surface area contributed by atoms with E-state index >= 15 is 0 Å². The van der Waals surface area contributed by atoms with Gasteiger partial charge in [0, 0.05) is 24.0 Å². The summed E-state index contributed by atoms with van der Waals surface area (Å²) in [6.45, 7) is 3.70. The first kappa shape index (κ1) is 17.7. The lowest BCUT2D eigenvalue weighted by atomic mass is 10.2. The molecule has 0 saturated carbocycles. The van der Waals surface area contributed by atoms with Gasteiger partial charge >= 0.3 is 0 Å². The molecule has 8 heteroatoms. The predicted molar refractivity (Wildman–Crippen MR) is 103 cm³/mol. The highest BCUT2D eigenvalue weighted by atomic mass is 19.1. The van der Waals surface area contributed by atoms with E-state index in [-0.39, 0.29) is 5.91 Å². The Bertz CT molecular complexity index is 1170. The summed E-state index contributed by atoms with van der Waals surface area (Å²) in [7, 11) is 0. The molecule has 0 aliphatic heterocycles. The second-order valence-electron chi connectivity index (χ2n) is 6.25. The van der Waals surface area contributed by atoms with E-state index in [2.05, 4.69) is 25.4 Å². The molecule has 28 heavy (non-hydrogen) atoms. The van der Waals surface area contributed by atoms with Crippen LogP contribution in [0.1, 0.15) is 28.5 Å². The van der Waals surface area contributed by atoms with Crippen molar-refractivity contribution in [1.29, 1.82) is 0 Å². The van der Waals surface area contributed by atoms with Crippen molar-refractivity contribution in [2.75, 3.05) is 5.43 Å². The number of nitrogens with zero attached hydrogens (tertiary/aromatic N) is 5. The molecule has 0 atom stereocenters. The molecule has 4 heterocycles. The van der Waals surface area contributed by atoms with E-state index in [4.69, 9.17) is 0 Å². The average molecular weight is 376 g/mol. The van der Waals surface area contributed by atoms with Gasteiger partial charge in [0.25, 0.3) is 5.91 Å². The zero-order valence-electron chi connectivity index (χ0n) is 15.3. The Hall–Kier alpha value is -3.68. The highest BCUT2D eigenvalue weighted by Crippen LogP contribution is 2.20. The molecule has 4 rings (SSSR count). The molecular formula is C20H17FN6O. The summed E-state index contributed by atoms with van der Waals surface area (Å²) in [5.41, 5.74) is 5.64. The molecule has 0 aliphatic carbocycles. The summed E-state index contributed by atoms with van der Waals surface area (Å²) in [5.74, 6) is -0.345. The monoisotopic (exact) mass is 376 g/mol. The molecular weight excluding hydrogens is 359 g/mol. The van der Waals surface area contributed by atoms with Crippen LogP contribution in [0.5, 0.6) is 0 Å². The van der Waals surface area contributed by atoms with Gasteiger partial charge in [-0.15, -0.1) is 0 Å². The number of hydrogen-bond donors (Lipinski definition) is 1. The molecule has 4 aromatic heterocycles. The van der Waals surface area contributed by atoms with Gasteiger partial charge in [0.15, 0.2) is 11.5 Å². The van der Waals surface area contributed by atoms with Gasteiger partial charge in [0.05, 0.1) is 17.5 Å². The lowest BCUT2D eigenvalue weighted by molar-refractivity contribution is 0.101. The van der Waals surface area contributed by atoms with Crippen LogP contribution in [0.15, 0.2) is 49.1 Å². The maximum Gasteiger partial charge on any atom is 0.273 e. The molecule has 0 fully saturated rings. The molecule has 0 unspecified atom stereocenters. The summed E-state index contributed by atoms with van der Waals surface area (Å²) in [5, 5.41) is 0.668. The van der Waals surface area contributed by atoms with Crippen LogP contribution in [-0.2, 0) is 6.42 Å². The molecule has 140 valence electrons. The van der Waals surface area contributed by atoms with Crippen LogP contribution in [-0.4, -0.2) is 30.5 Å². The normalized spacial score (nSPS) is 11.0. The smallest absolute Gasteiger partial charge is 0.267 e. The van der Waals surface area contributed by atoms with Crippen LogP contribution in [0.2, 0.25) is 0 Å². The first-order valence-corrected chi connectivity index (χ1v) is 8.78. The molecule has 0 bridgehead atoms. The van der Waals surface area contributed by atoms with Crippen LogP contribution in [0.4, 0.5) is 4.39 Å². The minimum absolute atomic E-state index is 0.335. The first-order chi connectivity index (χ1) is 13.6. The predicted octanol–water partition coefficient (Wildman–Crippen LogP) is 3.28. The molecule has 1 amide bonds. The Balaban J connectivity index is 1.65. The fourth-order valence-electron chi connectivity index (χ4n) is 2.99. The summed E-state index contributed by atoms with van der Waals surface area (Å²) < 4.78 is 15.0. The van der Waals surface area contributed by atoms with Crippen molar-refractivity contribution < 1.29 is 9.18 Å². The van der Waals surface area contributed by atoms with E-state index in [0.717, 1.165) is 11.8 Å². The molecule has 0 spiro atoms. The molecule has 0 saturated heterocycles. The summed E-state index contributed by atoms with van der Waals surface area (Å²) in [6, 6.07) is 6.88. The summed E-state index contributed by atoms with van der Waals surface area (Å²) in [4.78, 5) is 29.7. The zero-order chi connectivity index (χ0) is 19.7. The zero-order valence-corrected chi connectivity index (χ0v) is 15.3. The minimum atomic E-state index is -0.416. The second kappa shape index (κ2) is 7.15. The largest absolute Gasteiger partial charge is 0.273 e. The third-order valence-electron chi connectivity index (χ3n) is 4.41. The van der Waals surface area contributed by atoms with Crippen LogP contribution in [0.25, 0.3) is 22.6 Å². The number of carbonyl (C=O) groups excluding carboxylic acids is 1. The number of fused-ring (bicyclic) bond motifs is 1. The van der Waals surface area contributed by atoms with Crippen molar-refractivity contribution >= 4 is 16.9 Å². The van der Waals surface area contributed by atoms with Crippen LogP contribution >= 0.6 is 0 Å². The van der Waals surface area contributed by atoms with E-state index in [1.165, 1.54) is 16.9 Å². The van der Waals surface area contributed by atoms with Crippen molar-refractivity contribution in [3.63, 3.8) is 0 Å².